The molecule has 4 nitrogen and oxygen atoms in total. The third-order valence-corrected chi connectivity index (χ3v) is 3.71. The van der Waals surface area contributed by atoms with Crippen molar-refractivity contribution in [3.05, 3.63) is 22.6 Å². The van der Waals surface area contributed by atoms with E-state index in [1.54, 1.807) is 0 Å². The number of aromatic amines is 1. The Balaban J connectivity index is 2.56. The summed E-state index contributed by atoms with van der Waals surface area (Å²) >= 11 is 5.47. The SMILES string of the molecule is CCOCC(C(C)C)n1c(=S)[nH]c2c(C)ccnc21. The Morgan fingerprint density at radius 2 is 2.21 bits per heavy atom. The van der Waals surface area contributed by atoms with E-state index in [0.29, 0.717) is 19.1 Å². The summed E-state index contributed by atoms with van der Waals surface area (Å²) in [6.45, 7) is 9.80. The summed E-state index contributed by atoms with van der Waals surface area (Å²) in [4.78, 5) is 7.75. The average Bonchev–Trinajstić information content (AvgIpc) is 2.68. The molecule has 104 valence electrons. The van der Waals surface area contributed by atoms with Gasteiger partial charge in [-0.1, -0.05) is 13.8 Å². The number of imidazole rings is 1. The van der Waals surface area contributed by atoms with Crippen LogP contribution in [0.2, 0.25) is 0 Å². The molecule has 0 fully saturated rings. The summed E-state index contributed by atoms with van der Waals surface area (Å²) in [6, 6.07) is 2.20. The van der Waals surface area contributed by atoms with Gasteiger partial charge in [0, 0.05) is 12.8 Å². The van der Waals surface area contributed by atoms with Gasteiger partial charge < -0.3 is 9.72 Å². The van der Waals surface area contributed by atoms with Crippen LogP contribution in [-0.2, 0) is 4.74 Å². The van der Waals surface area contributed by atoms with Gasteiger partial charge in [-0.05, 0) is 43.6 Å². The lowest BCUT2D eigenvalue weighted by atomic mass is 10.1. The number of hydrogen-bond donors (Lipinski definition) is 1. The molecule has 0 radical (unpaired) electrons. The van der Waals surface area contributed by atoms with Crippen molar-refractivity contribution in [1.82, 2.24) is 14.5 Å². The van der Waals surface area contributed by atoms with Gasteiger partial charge in [-0.15, -0.1) is 0 Å². The summed E-state index contributed by atoms with van der Waals surface area (Å²) < 4.78 is 8.42. The number of aryl methyl sites for hydroxylation is 1. The summed E-state index contributed by atoms with van der Waals surface area (Å²) in [5, 5.41) is 0. The molecule has 0 aliphatic rings. The Kier molecular flexibility index (Phi) is 4.37. The predicted molar refractivity (Wildman–Crippen MR) is 80.0 cm³/mol. The molecular formula is C14H21N3OS. The molecule has 19 heavy (non-hydrogen) atoms. The molecule has 2 rings (SSSR count). The molecule has 0 saturated carbocycles. The highest BCUT2D eigenvalue weighted by atomic mass is 32.1. The van der Waals surface area contributed by atoms with Gasteiger partial charge in [-0.25, -0.2) is 4.98 Å². The molecule has 5 heteroatoms. The van der Waals surface area contributed by atoms with E-state index in [-0.39, 0.29) is 6.04 Å². The number of H-pyrrole nitrogens is 1. The van der Waals surface area contributed by atoms with Gasteiger partial charge in [-0.2, -0.15) is 0 Å². The first-order valence-corrected chi connectivity index (χ1v) is 7.10. The van der Waals surface area contributed by atoms with Crippen molar-refractivity contribution in [3.8, 4) is 0 Å². The number of rotatable bonds is 5. The first-order chi connectivity index (χ1) is 9.06. The largest absolute Gasteiger partial charge is 0.380 e. The number of fused-ring (bicyclic) bond motifs is 1. The topological polar surface area (TPSA) is 42.8 Å². The maximum absolute atomic E-state index is 5.61. The molecule has 2 aromatic heterocycles. The molecule has 2 heterocycles. The highest BCUT2D eigenvalue weighted by molar-refractivity contribution is 7.71. The van der Waals surface area contributed by atoms with Crippen molar-refractivity contribution in [3.63, 3.8) is 0 Å². The number of pyridine rings is 1. The van der Waals surface area contributed by atoms with Crippen LogP contribution in [0.25, 0.3) is 11.2 Å². The molecular weight excluding hydrogens is 258 g/mol. The van der Waals surface area contributed by atoms with Crippen LogP contribution in [0.4, 0.5) is 0 Å². The summed E-state index contributed by atoms with van der Waals surface area (Å²) in [7, 11) is 0. The van der Waals surface area contributed by atoms with Gasteiger partial charge in [0.2, 0.25) is 0 Å². The van der Waals surface area contributed by atoms with Crippen LogP contribution < -0.4 is 0 Å². The molecule has 1 N–H and O–H groups in total. The lowest BCUT2D eigenvalue weighted by Gasteiger charge is -2.22. The highest BCUT2D eigenvalue weighted by Crippen LogP contribution is 2.25. The molecule has 1 unspecified atom stereocenters. The highest BCUT2D eigenvalue weighted by Gasteiger charge is 2.20. The minimum absolute atomic E-state index is 0.204. The molecule has 0 spiro atoms. The third-order valence-electron chi connectivity index (χ3n) is 3.41. The van der Waals surface area contributed by atoms with E-state index in [9.17, 15) is 0 Å². The number of nitrogens with one attached hydrogen (secondary N) is 1. The fraction of sp³-hybridized carbons (Fsp3) is 0.571. The Morgan fingerprint density at radius 3 is 2.84 bits per heavy atom. The third kappa shape index (κ3) is 2.72. The lowest BCUT2D eigenvalue weighted by molar-refractivity contribution is 0.0972. The molecule has 0 amide bonds. The lowest BCUT2D eigenvalue weighted by Crippen LogP contribution is -2.21. The number of nitrogens with zero attached hydrogens (tertiary/aromatic N) is 2. The molecule has 2 aromatic rings. The monoisotopic (exact) mass is 279 g/mol. The smallest absolute Gasteiger partial charge is 0.179 e. The quantitative estimate of drug-likeness (QED) is 0.850. The van der Waals surface area contributed by atoms with Crippen molar-refractivity contribution < 1.29 is 4.74 Å². The zero-order valence-electron chi connectivity index (χ0n) is 11.9. The van der Waals surface area contributed by atoms with Gasteiger partial charge in [0.1, 0.15) is 0 Å². The summed E-state index contributed by atoms with van der Waals surface area (Å²) in [5.74, 6) is 0.430. The minimum atomic E-state index is 0.204. The molecule has 0 aliphatic carbocycles. The van der Waals surface area contributed by atoms with E-state index in [0.717, 1.165) is 21.5 Å². The molecule has 0 aromatic carbocycles. The van der Waals surface area contributed by atoms with Crippen molar-refractivity contribution in [2.45, 2.75) is 33.7 Å². The van der Waals surface area contributed by atoms with Gasteiger partial charge in [0.25, 0.3) is 0 Å². The van der Waals surface area contributed by atoms with Crippen LogP contribution in [-0.4, -0.2) is 27.7 Å². The van der Waals surface area contributed by atoms with Crippen LogP contribution in [0.5, 0.6) is 0 Å². The molecule has 0 aliphatic heterocycles. The first-order valence-electron chi connectivity index (χ1n) is 6.69. The number of hydrogen-bond acceptors (Lipinski definition) is 3. The van der Waals surface area contributed by atoms with Gasteiger partial charge >= 0.3 is 0 Å². The van der Waals surface area contributed by atoms with E-state index < -0.39 is 0 Å². The zero-order chi connectivity index (χ0) is 14.0. The Bertz CT molecular complexity index is 615. The van der Waals surface area contributed by atoms with Crippen molar-refractivity contribution in [2.24, 2.45) is 5.92 Å². The summed E-state index contributed by atoms with van der Waals surface area (Å²) in [6.07, 6.45) is 1.83. The van der Waals surface area contributed by atoms with Crippen LogP contribution in [0.1, 0.15) is 32.4 Å². The van der Waals surface area contributed by atoms with Crippen LogP contribution in [0.3, 0.4) is 0 Å². The van der Waals surface area contributed by atoms with Crippen LogP contribution in [0.15, 0.2) is 12.3 Å². The van der Waals surface area contributed by atoms with Crippen molar-refractivity contribution >= 4 is 23.4 Å². The fourth-order valence-corrected chi connectivity index (χ4v) is 2.58. The van der Waals surface area contributed by atoms with Crippen LogP contribution in [0, 0.1) is 17.6 Å². The average molecular weight is 279 g/mol. The second-order valence-corrected chi connectivity index (χ2v) is 5.48. The Hall–Kier alpha value is -1.20. The van der Waals surface area contributed by atoms with Gasteiger partial charge in [0.05, 0.1) is 18.2 Å². The number of ether oxygens (including phenoxy) is 1. The predicted octanol–water partition coefficient (Wildman–Crippen LogP) is 3.64. The first kappa shape index (κ1) is 14.2. The zero-order valence-corrected chi connectivity index (χ0v) is 12.8. The second kappa shape index (κ2) is 5.84. The fourth-order valence-electron chi connectivity index (χ4n) is 2.26. The Morgan fingerprint density at radius 1 is 1.47 bits per heavy atom. The van der Waals surface area contributed by atoms with E-state index in [1.165, 1.54) is 0 Å². The standard InChI is InChI=1S/C14H21N3OS/c1-5-18-8-11(9(2)3)17-13-12(16-14(17)19)10(4)6-7-15-13/h6-7,9,11H,5,8H2,1-4H3,(H,16,19). The molecule has 0 bridgehead atoms. The summed E-state index contributed by atoms with van der Waals surface area (Å²) in [5.41, 5.74) is 3.10. The van der Waals surface area contributed by atoms with Crippen molar-refractivity contribution in [1.29, 1.82) is 0 Å². The van der Waals surface area contributed by atoms with Gasteiger partial charge in [0.15, 0.2) is 10.4 Å². The van der Waals surface area contributed by atoms with E-state index >= 15 is 0 Å². The van der Waals surface area contributed by atoms with Crippen LogP contribution >= 0.6 is 12.2 Å². The van der Waals surface area contributed by atoms with Gasteiger partial charge in [-0.3, -0.25) is 4.57 Å². The maximum Gasteiger partial charge on any atom is 0.179 e. The molecule has 0 saturated heterocycles. The Labute approximate surface area is 118 Å². The minimum Gasteiger partial charge on any atom is -0.380 e. The van der Waals surface area contributed by atoms with E-state index in [1.807, 2.05) is 19.2 Å². The van der Waals surface area contributed by atoms with E-state index in [4.69, 9.17) is 17.0 Å². The van der Waals surface area contributed by atoms with E-state index in [2.05, 4.69) is 35.3 Å². The second-order valence-electron chi connectivity index (χ2n) is 5.10. The normalized spacial score (nSPS) is 13.3. The number of aromatic nitrogens is 3. The van der Waals surface area contributed by atoms with Crippen molar-refractivity contribution in [2.75, 3.05) is 13.2 Å². The maximum atomic E-state index is 5.61. The molecule has 1 atom stereocenters.